The zero-order valence-electron chi connectivity index (χ0n) is 10.2. The maximum atomic E-state index is 11.2. The number of hydrogen-bond acceptors (Lipinski definition) is 1. The molecule has 0 radical (unpaired) electrons. The highest BCUT2D eigenvalue weighted by Gasteiger charge is 2.28. The first kappa shape index (κ1) is 16.9. The Morgan fingerprint density at radius 2 is 1.73 bits per heavy atom. The normalized spacial score (nSPS) is 12.5. The maximum Gasteiger partial charge on any atom is 0.247 e. The van der Waals surface area contributed by atoms with E-state index < -0.39 is 0 Å². The molecule has 3 nitrogen and oxygen atoms in total. The van der Waals surface area contributed by atoms with Crippen LogP contribution in [-0.2, 0) is 4.79 Å². The zero-order chi connectivity index (χ0) is 11.2. The second-order valence-corrected chi connectivity index (χ2v) is 3.56. The Labute approximate surface area is 99.5 Å². The molecule has 0 saturated carbocycles. The maximum absolute atomic E-state index is 11.2. The van der Waals surface area contributed by atoms with Gasteiger partial charge < -0.3 is 22.2 Å². The van der Waals surface area contributed by atoms with Crippen LogP contribution in [0.5, 0.6) is 0 Å². The lowest BCUT2D eigenvalue weighted by Gasteiger charge is -2.41. The van der Waals surface area contributed by atoms with Crippen molar-refractivity contribution in [3.63, 3.8) is 0 Å². The third-order valence-corrected chi connectivity index (χ3v) is 3.25. The number of halogens is 1. The largest absolute Gasteiger partial charge is 1.00 e. The molecule has 4 heteroatoms. The Kier molecular flexibility index (Phi) is 8.68. The van der Waals surface area contributed by atoms with E-state index in [1.54, 1.807) is 0 Å². The van der Waals surface area contributed by atoms with E-state index in [-0.39, 0.29) is 24.5 Å². The lowest BCUT2D eigenvalue weighted by atomic mass is 10.3. The molecular weight excluding hydrogens is 212 g/mol. The fourth-order valence-corrected chi connectivity index (χ4v) is 1.89. The molecule has 0 fully saturated rings. The number of nitrogens with zero attached hydrogens (tertiary/aromatic N) is 1. The molecule has 1 amide bonds. The van der Waals surface area contributed by atoms with Crippen molar-refractivity contribution in [1.82, 2.24) is 5.32 Å². The van der Waals surface area contributed by atoms with Crippen LogP contribution in [-0.4, -0.2) is 36.2 Å². The second-order valence-electron chi connectivity index (χ2n) is 3.56. The van der Waals surface area contributed by atoms with Crippen LogP contribution in [0.25, 0.3) is 0 Å². The molecule has 1 unspecified atom stereocenters. The summed E-state index contributed by atoms with van der Waals surface area (Å²) in [6, 6.07) is 0. The molecule has 90 valence electrons. The summed E-state index contributed by atoms with van der Waals surface area (Å²) < 4.78 is 0.916. The number of amides is 1. The van der Waals surface area contributed by atoms with Gasteiger partial charge in [0.25, 0.3) is 0 Å². The summed E-state index contributed by atoms with van der Waals surface area (Å²) in [5, 5.41) is 2.94. The van der Waals surface area contributed by atoms with Crippen molar-refractivity contribution in [2.24, 2.45) is 0 Å². The van der Waals surface area contributed by atoms with E-state index in [1.165, 1.54) is 6.08 Å². The molecule has 0 aromatic carbocycles. The van der Waals surface area contributed by atoms with Crippen molar-refractivity contribution in [3.8, 4) is 0 Å². The van der Waals surface area contributed by atoms with E-state index in [0.717, 1.165) is 24.1 Å². The Bertz CT molecular complexity index is 194. The van der Waals surface area contributed by atoms with E-state index in [0.29, 0.717) is 0 Å². The monoisotopic (exact) mass is 234 g/mol. The molecule has 0 rings (SSSR count). The van der Waals surface area contributed by atoms with Gasteiger partial charge >= 0.3 is 0 Å². The van der Waals surface area contributed by atoms with Crippen molar-refractivity contribution >= 4 is 5.91 Å². The third-order valence-electron chi connectivity index (χ3n) is 3.25. The summed E-state index contributed by atoms with van der Waals surface area (Å²) in [6.07, 6.45) is 1.48. The van der Waals surface area contributed by atoms with Gasteiger partial charge in [-0.2, -0.15) is 0 Å². The fraction of sp³-hybridized carbons (Fsp3) is 0.727. The zero-order valence-corrected chi connectivity index (χ0v) is 11.0. The Morgan fingerprint density at radius 3 is 2.00 bits per heavy atom. The lowest BCUT2D eigenvalue weighted by molar-refractivity contribution is -0.946. The Balaban J connectivity index is 0. The third kappa shape index (κ3) is 4.22. The first-order valence-electron chi connectivity index (χ1n) is 5.35. The van der Waals surface area contributed by atoms with Gasteiger partial charge in [-0.3, -0.25) is 4.79 Å². The van der Waals surface area contributed by atoms with Gasteiger partial charge in [-0.25, -0.2) is 0 Å². The number of rotatable bonds is 6. The van der Waals surface area contributed by atoms with Gasteiger partial charge in [-0.1, -0.05) is 6.58 Å². The van der Waals surface area contributed by atoms with Crippen LogP contribution in [0, 0.1) is 0 Å². The minimum absolute atomic E-state index is 0. The summed E-state index contributed by atoms with van der Waals surface area (Å²) in [7, 11) is 0. The molecule has 0 saturated heterocycles. The predicted octanol–water partition coefficient (Wildman–Crippen LogP) is -1.48. The van der Waals surface area contributed by atoms with Crippen molar-refractivity contribution in [1.29, 1.82) is 0 Å². The van der Waals surface area contributed by atoms with Crippen molar-refractivity contribution in [2.75, 3.05) is 19.6 Å². The van der Waals surface area contributed by atoms with E-state index >= 15 is 0 Å². The summed E-state index contributed by atoms with van der Waals surface area (Å²) in [4.78, 5) is 11.2. The molecule has 0 heterocycles. The number of nitrogens with one attached hydrogen (secondary N) is 1. The van der Waals surface area contributed by atoms with Crippen molar-refractivity contribution < 1.29 is 21.7 Å². The van der Waals surface area contributed by atoms with Crippen molar-refractivity contribution in [2.45, 2.75) is 33.9 Å². The summed E-state index contributed by atoms with van der Waals surface area (Å²) in [5.74, 6) is -0.0876. The number of hydrogen-bond donors (Lipinski definition) is 1. The van der Waals surface area contributed by atoms with Gasteiger partial charge in [0.2, 0.25) is 5.91 Å². The Morgan fingerprint density at radius 1 is 1.33 bits per heavy atom. The van der Waals surface area contributed by atoms with Crippen molar-refractivity contribution in [3.05, 3.63) is 12.7 Å². The summed E-state index contributed by atoms with van der Waals surface area (Å²) >= 11 is 0. The van der Waals surface area contributed by atoms with Gasteiger partial charge in [0, 0.05) is 6.92 Å². The van der Waals surface area contributed by atoms with E-state index in [2.05, 4.69) is 39.6 Å². The number of quaternary nitrogens is 1. The highest BCUT2D eigenvalue weighted by Crippen LogP contribution is 2.10. The molecule has 0 aliphatic rings. The van der Waals surface area contributed by atoms with Gasteiger partial charge in [0.05, 0.1) is 19.6 Å². The standard InChI is InChI=1S/C11H22N2O.ClH/c1-6-11(14)12-10(5)13(7-2,8-3)9-4;/h6,10H,1,7-9H2,2-5H3;1H. The van der Waals surface area contributed by atoms with E-state index in [9.17, 15) is 4.79 Å². The summed E-state index contributed by atoms with van der Waals surface area (Å²) in [5.41, 5.74) is 0. The quantitative estimate of drug-likeness (QED) is 0.339. The minimum atomic E-state index is -0.0876. The number of carbonyl (C=O) groups is 1. The second kappa shape index (κ2) is 7.71. The summed E-state index contributed by atoms with van der Waals surface area (Å²) in [6.45, 7) is 15.1. The molecule has 15 heavy (non-hydrogen) atoms. The van der Waals surface area contributed by atoms with Crippen LogP contribution < -0.4 is 17.7 Å². The van der Waals surface area contributed by atoms with Crippen LogP contribution >= 0.6 is 0 Å². The van der Waals surface area contributed by atoms with Gasteiger partial charge in [0.15, 0.2) is 6.17 Å². The highest BCUT2D eigenvalue weighted by atomic mass is 35.5. The molecule has 1 atom stereocenters. The smallest absolute Gasteiger partial charge is 0.247 e. The van der Waals surface area contributed by atoms with Crippen LogP contribution in [0.15, 0.2) is 12.7 Å². The molecule has 0 aromatic heterocycles. The van der Waals surface area contributed by atoms with Crippen LogP contribution in [0.4, 0.5) is 0 Å². The van der Waals surface area contributed by atoms with E-state index in [1.807, 2.05) is 0 Å². The fourth-order valence-electron chi connectivity index (χ4n) is 1.89. The van der Waals surface area contributed by atoms with Gasteiger partial charge in [-0.05, 0) is 26.8 Å². The molecule has 0 aliphatic heterocycles. The average Bonchev–Trinajstić information content (AvgIpc) is 2.21. The molecule has 0 spiro atoms. The van der Waals surface area contributed by atoms with Gasteiger partial charge in [-0.15, -0.1) is 0 Å². The predicted molar refractivity (Wildman–Crippen MR) is 59.7 cm³/mol. The minimum Gasteiger partial charge on any atom is -1.00 e. The molecule has 0 aliphatic carbocycles. The molecular formula is C11H23ClN2O. The first-order valence-corrected chi connectivity index (χ1v) is 5.35. The van der Waals surface area contributed by atoms with Crippen LogP contribution in [0.1, 0.15) is 27.7 Å². The lowest BCUT2D eigenvalue weighted by Crippen LogP contribution is -3.00. The Hall–Kier alpha value is -0.540. The topological polar surface area (TPSA) is 29.1 Å². The van der Waals surface area contributed by atoms with Crippen LogP contribution in [0.3, 0.4) is 0 Å². The van der Waals surface area contributed by atoms with Crippen LogP contribution in [0.2, 0.25) is 0 Å². The highest BCUT2D eigenvalue weighted by molar-refractivity contribution is 5.86. The number of carbonyl (C=O) groups excluding carboxylic acids is 1. The molecule has 1 N–H and O–H groups in total. The average molecular weight is 235 g/mol. The van der Waals surface area contributed by atoms with Gasteiger partial charge in [0.1, 0.15) is 0 Å². The first-order chi connectivity index (χ1) is 6.56. The molecule has 0 bridgehead atoms. The molecule has 0 aromatic rings. The van der Waals surface area contributed by atoms with E-state index in [4.69, 9.17) is 0 Å². The SMILES string of the molecule is C=CC(=O)NC(C)[N+](CC)(CC)CC.[Cl-].